The first-order valence-corrected chi connectivity index (χ1v) is 12.1. The van der Waals surface area contributed by atoms with Crippen LogP contribution < -0.4 is 5.32 Å². The van der Waals surface area contributed by atoms with Gasteiger partial charge in [-0.15, -0.1) is 12.4 Å². The molecule has 0 bridgehead atoms. The molecule has 1 aliphatic rings. The molecule has 4 rings (SSSR count). The van der Waals surface area contributed by atoms with Crippen LogP contribution in [0.2, 0.25) is 10.0 Å². The summed E-state index contributed by atoms with van der Waals surface area (Å²) >= 11 is 12.2. The summed E-state index contributed by atoms with van der Waals surface area (Å²) in [5.74, 6) is -0.191. The number of benzene rings is 2. The average Bonchev–Trinajstić information content (AvgIpc) is 2.77. The smallest absolute Gasteiger partial charge is 0.163 e. The van der Waals surface area contributed by atoms with Crippen molar-refractivity contribution >= 4 is 58.0 Å². The molecule has 0 atom stereocenters. The Morgan fingerprint density at radius 3 is 2.34 bits per heavy atom. The number of fused-ring (bicyclic) bond motifs is 1. The van der Waals surface area contributed by atoms with E-state index < -0.39 is 5.82 Å². The Bertz CT molecular complexity index is 1220. The van der Waals surface area contributed by atoms with Gasteiger partial charge in [0, 0.05) is 35.8 Å². The van der Waals surface area contributed by atoms with E-state index in [-0.39, 0.29) is 45.6 Å². The lowest BCUT2D eigenvalue weighted by Gasteiger charge is -2.32. The zero-order chi connectivity index (χ0) is 24.6. The summed E-state index contributed by atoms with van der Waals surface area (Å²) in [6.07, 6.45) is 5.73. The third-order valence-corrected chi connectivity index (χ3v) is 7.06. The molecule has 9 heteroatoms. The lowest BCUT2D eigenvalue weighted by atomic mass is 9.85. The van der Waals surface area contributed by atoms with Crippen LogP contribution in [0.15, 0.2) is 30.5 Å². The van der Waals surface area contributed by atoms with Gasteiger partial charge >= 0.3 is 0 Å². The number of nitrogens with one attached hydrogen (secondary N) is 1. The summed E-state index contributed by atoms with van der Waals surface area (Å²) in [6, 6.07) is 6.17. The molecule has 1 aliphatic carbocycles. The fourth-order valence-corrected chi connectivity index (χ4v) is 5.28. The highest BCUT2D eigenvalue weighted by Gasteiger charge is 2.24. The monoisotopic (exact) mass is 539 g/mol. The summed E-state index contributed by atoms with van der Waals surface area (Å²) in [4.78, 5) is 19.0. The van der Waals surface area contributed by atoms with Crippen molar-refractivity contribution in [2.24, 2.45) is 5.92 Å². The van der Waals surface area contributed by atoms with E-state index in [2.05, 4.69) is 29.3 Å². The molecule has 3 aromatic rings. The van der Waals surface area contributed by atoms with Crippen LogP contribution in [0.1, 0.15) is 43.0 Å². The van der Waals surface area contributed by atoms with Crippen LogP contribution in [0.5, 0.6) is 5.75 Å². The molecular weight excluding hydrogens is 512 g/mol. The van der Waals surface area contributed by atoms with Crippen molar-refractivity contribution in [2.45, 2.75) is 38.6 Å². The van der Waals surface area contributed by atoms with Gasteiger partial charge in [0.05, 0.1) is 26.8 Å². The highest BCUT2D eigenvalue weighted by Crippen LogP contribution is 2.40. The van der Waals surface area contributed by atoms with Crippen molar-refractivity contribution < 1.29 is 14.3 Å². The van der Waals surface area contributed by atoms with Gasteiger partial charge in [0.15, 0.2) is 11.5 Å². The summed E-state index contributed by atoms with van der Waals surface area (Å²) < 4.78 is 15.1. The molecule has 35 heavy (non-hydrogen) atoms. The van der Waals surface area contributed by atoms with Gasteiger partial charge in [0.1, 0.15) is 5.82 Å². The first-order valence-electron chi connectivity index (χ1n) is 11.4. The second-order valence-electron chi connectivity index (χ2n) is 9.36. The fourth-order valence-electron chi connectivity index (χ4n) is 4.79. The predicted octanol–water partition coefficient (Wildman–Crippen LogP) is 7.21. The molecule has 5 nitrogen and oxygen atoms in total. The van der Waals surface area contributed by atoms with Crippen LogP contribution in [0.25, 0.3) is 22.0 Å². The first kappa shape index (κ1) is 27.5. The van der Waals surface area contributed by atoms with Crippen LogP contribution >= 0.6 is 35.6 Å². The quantitative estimate of drug-likeness (QED) is 0.323. The Morgan fingerprint density at radius 2 is 1.77 bits per heavy atom. The van der Waals surface area contributed by atoms with Crippen molar-refractivity contribution in [2.75, 3.05) is 26.0 Å². The normalized spacial score (nSPS) is 17.9. The number of carbonyl (C=O) groups excluding carboxylic acids is 1. The van der Waals surface area contributed by atoms with E-state index in [4.69, 9.17) is 23.2 Å². The number of carbonyl (C=O) groups is 1. The third-order valence-electron chi connectivity index (χ3n) is 6.48. The number of ketones is 1. The highest BCUT2D eigenvalue weighted by molar-refractivity contribution is 6.37. The van der Waals surface area contributed by atoms with Gasteiger partial charge in [-0.3, -0.25) is 9.78 Å². The third kappa shape index (κ3) is 6.00. The van der Waals surface area contributed by atoms with Crippen LogP contribution in [0, 0.1) is 11.7 Å². The number of Topliss-reactive ketones (excluding diaryl/α,β-unsaturated/α-hetero) is 1. The largest absolute Gasteiger partial charge is 0.505 e. The van der Waals surface area contributed by atoms with E-state index in [0.29, 0.717) is 33.6 Å². The van der Waals surface area contributed by atoms with E-state index in [9.17, 15) is 9.90 Å². The van der Waals surface area contributed by atoms with Gasteiger partial charge in [-0.25, -0.2) is 4.39 Å². The van der Waals surface area contributed by atoms with Crippen molar-refractivity contribution in [3.63, 3.8) is 0 Å². The number of aromatic hydroxyl groups is 1. The molecule has 0 amide bonds. The van der Waals surface area contributed by atoms with Crippen LogP contribution in [0.3, 0.4) is 0 Å². The average molecular weight is 541 g/mol. The van der Waals surface area contributed by atoms with Crippen LogP contribution in [-0.2, 0) is 0 Å². The van der Waals surface area contributed by atoms with Crippen molar-refractivity contribution in [1.29, 1.82) is 0 Å². The fraction of sp³-hybridized carbons (Fsp3) is 0.385. The highest BCUT2D eigenvalue weighted by atomic mass is 35.5. The Hall–Kier alpha value is -2.12. The first-order chi connectivity index (χ1) is 16.1. The number of hydrogen-bond donors (Lipinski definition) is 2. The van der Waals surface area contributed by atoms with Crippen molar-refractivity contribution in [1.82, 2.24) is 9.88 Å². The maximum absolute atomic E-state index is 15.1. The van der Waals surface area contributed by atoms with E-state index in [1.165, 1.54) is 31.3 Å². The van der Waals surface area contributed by atoms with Crippen LogP contribution in [-0.4, -0.2) is 47.5 Å². The van der Waals surface area contributed by atoms with Gasteiger partial charge < -0.3 is 15.3 Å². The van der Waals surface area contributed by atoms with Gasteiger partial charge in [-0.2, -0.15) is 0 Å². The minimum atomic E-state index is -0.497. The second-order valence-corrected chi connectivity index (χ2v) is 10.2. The van der Waals surface area contributed by atoms with Crippen LogP contribution in [0.4, 0.5) is 10.1 Å². The Kier molecular flexibility index (Phi) is 8.86. The Labute approximate surface area is 221 Å². The summed E-state index contributed by atoms with van der Waals surface area (Å²) in [5, 5.41) is 14.2. The maximum Gasteiger partial charge on any atom is 0.163 e. The predicted molar refractivity (Wildman–Crippen MR) is 144 cm³/mol. The molecular formula is C26H29Cl3FN3O2. The van der Waals surface area contributed by atoms with Gasteiger partial charge in [0.25, 0.3) is 0 Å². The number of halogens is 4. The Balaban J connectivity index is 0.00000342. The molecule has 2 aromatic carbocycles. The molecule has 1 saturated carbocycles. The lowest BCUT2D eigenvalue weighted by molar-refractivity contribution is 0.101. The van der Waals surface area contributed by atoms with Crippen molar-refractivity contribution in [3.8, 4) is 16.9 Å². The minimum absolute atomic E-state index is 0. The standard InChI is InChI=1S/C26H28Cl2FN3O2.ClH/c1-14(33)20-12-30-24-11-23(29)18(16-8-21(27)26(34)22(28)9-16)10-19(24)25(20)31-17-6-4-15(5-7-17)13-32(2)3;/h8-12,15,17,34H,4-7,13H2,1-3H3,(H,30,31);1H. The van der Waals surface area contributed by atoms with E-state index in [1.807, 2.05) is 0 Å². The summed E-state index contributed by atoms with van der Waals surface area (Å²) in [6.45, 7) is 2.58. The van der Waals surface area contributed by atoms with E-state index in [1.54, 1.807) is 6.07 Å². The zero-order valence-electron chi connectivity index (χ0n) is 19.9. The van der Waals surface area contributed by atoms with Crippen molar-refractivity contribution in [3.05, 3.63) is 51.9 Å². The molecule has 1 aromatic heterocycles. The SMILES string of the molecule is CC(=O)c1cnc2cc(F)c(-c3cc(Cl)c(O)c(Cl)c3)cc2c1NC1CCC(CN(C)C)CC1.Cl. The van der Waals surface area contributed by atoms with E-state index >= 15 is 4.39 Å². The number of phenols is 1. The van der Waals surface area contributed by atoms with Gasteiger partial charge in [0.2, 0.25) is 0 Å². The Morgan fingerprint density at radius 1 is 1.14 bits per heavy atom. The molecule has 1 fully saturated rings. The number of anilines is 1. The number of aromatic nitrogens is 1. The number of hydrogen-bond acceptors (Lipinski definition) is 5. The number of nitrogens with zero attached hydrogens (tertiary/aromatic N) is 2. The lowest BCUT2D eigenvalue weighted by Crippen LogP contribution is -2.31. The van der Waals surface area contributed by atoms with Gasteiger partial charge in [-0.1, -0.05) is 23.2 Å². The molecule has 2 N–H and O–H groups in total. The minimum Gasteiger partial charge on any atom is -0.505 e. The molecule has 0 unspecified atom stereocenters. The summed E-state index contributed by atoms with van der Waals surface area (Å²) in [5.41, 5.74) is 2.28. The topological polar surface area (TPSA) is 65.5 Å². The van der Waals surface area contributed by atoms with Gasteiger partial charge in [-0.05, 0) is 76.4 Å². The molecule has 0 saturated heterocycles. The molecule has 188 valence electrons. The van der Waals surface area contributed by atoms with E-state index in [0.717, 1.165) is 32.2 Å². The summed E-state index contributed by atoms with van der Waals surface area (Å²) in [7, 11) is 4.19. The zero-order valence-corrected chi connectivity index (χ0v) is 22.2. The molecule has 0 radical (unpaired) electrons. The number of phenolic OH excluding ortho intramolecular Hbond substituents is 1. The maximum atomic E-state index is 15.1. The molecule has 1 heterocycles. The molecule has 0 aliphatic heterocycles. The number of rotatable bonds is 6. The molecule has 0 spiro atoms. The number of pyridine rings is 1. The second kappa shape index (κ2) is 11.3.